The molecule has 2 aromatic rings. The zero-order valence-electron chi connectivity index (χ0n) is 14.6. The number of halogens is 2. The van der Waals surface area contributed by atoms with Crippen molar-refractivity contribution in [2.24, 2.45) is 0 Å². The summed E-state index contributed by atoms with van der Waals surface area (Å²) in [7, 11) is 0. The van der Waals surface area contributed by atoms with Crippen LogP contribution in [0.1, 0.15) is 17.7 Å². The molecule has 3 rings (SSSR count). The van der Waals surface area contributed by atoms with Crippen LogP contribution in [0.15, 0.2) is 29.1 Å². The minimum atomic E-state index is -0.926. The highest BCUT2D eigenvalue weighted by Gasteiger charge is 2.31. The molecule has 2 heterocycles. The molecule has 0 aliphatic carbocycles. The van der Waals surface area contributed by atoms with Crippen LogP contribution in [-0.4, -0.2) is 47.4 Å². The van der Waals surface area contributed by atoms with E-state index in [0.29, 0.717) is 31.6 Å². The van der Waals surface area contributed by atoms with E-state index in [1.165, 1.54) is 17.4 Å². The number of amides is 2. The van der Waals surface area contributed by atoms with Crippen LogP contribution < -0.4 is 10.6 Å². The maximum absolute atomic E-state index is 13.4. The Labute approximate surface area is 159 Å². The second-order valence-corrected chi connectivity index (χ2v) is 7.03. The van der Waals surface area contributed by atoms with Gasteiger partial charge in [0.1, 0.15) is 0 Å². The molecule has 27 heavy (non-hydrogen) atoms. The Bertz CT molecular complexity index is 801. The molecular formula is C18H20F2N4O2S. The molecule has 1 fully saturated rings. The monoisotopic (exact) mass is 394 g/mol. The highest BCUT2D eigenvalue weighted by atomic mass is 32.1. The van der Waals surface area contributed by atoms with Crippen molar-refractivity contribution >= 4 is 23.2 Å². The first kappa shape index (κ1) is 19.4. The van der Waals surface area contributed by atoms with Gasteiger partial charge in [0.05, 0.1) is 23.7 Å². The normalized spacial score (nSPS) is 17.6. The van der Waals surface area contributed by atoms with E-state index in [-0.39, 0.29) is 24.8 Å². The lowest BCUT2D eigenvalue weighted by atomic mass is 10.1. The van der Waals surface area contributed by atoms with Gasteiger partial charge in [-0.05, 0) is 17.7 Å². The Morgan fingerprint density at radius 2 is 2.22 bits per heavy atom. The number of aromatic nitrogens is 1. The molecule has 0 radical (unpaired) electrons. The maximum Gasteiger partial charge on any atom is 0.237 e. The molecule has 6 nitrogen and oxygen atoms in total. The van der Waals surface area contributed by atoms with Gasteiger partial charge in [0.25, 0.3) is 0 Å². The van der Waals surface area contributed by atoms with E-state index in [0.717, 1.165) is 17.8 Å². The molecule has 9 heteroatoms. The van der Waals surface area contributed by atoms with Gasteiger partial charge >= 0.3 is 0 Å². The molecule has 1 aromatic heterocycles. The summed E-state index contributed by atoms with van der Waals surface area (Å²) in [6.45, 7) is 1.69. The Morgan fingerprint density at radius 1 is 1.37 bits per heavy atom. The smallest absolute Gasteiger partial charge is 0.237 e. The number of nitrogens with one attached hydrogen (secondary N) is 2. The number of carbonyl (C=O) groups is 2. The fraction of sp³-hybridized carbons (Fsp3) is 0.389. The van der Waals surface area contributed by atoms with Gasteiger partial charge in [-0.1, -0.05) is 6.07 Å². The zero-order chi connectivity index (χ0) is 19.2. The summed E-state index contributed by atoms with van der Waals surface area (Å²) in [4.78, 5) is 30.4. The Morgan fingerprint density at radius 3 is 2.96 bits per heavy atom. The molecule has 2 N–H and O–H groups in total. The average Bonchev–Trinajstić information content (AvgIpc) is 3.14. The van der Waals surface area contributed by atoms with Crippen molar-refractivity contribution in [3.05, 3.63) is 52.0 Å². The molecule has 0 saturated carbocycles. The molecule has 1 aliphatic heterocycles. The minimum absolute atomic E-state index is 0.00652. The molecule has 1 atom stereocenters. The first-order valence-corrected chi connectivity index (χ1v) is 9.56. The second-order valence-electron chi connectivity index (χ2n) is 6.31. The summed E-state index contributed by atoms with van der Waals surface area (Å²) >= 11 is 1.50. The quantitative estimate of drug-likeness (QED) is 0.746. The molecule has 0 bridgehead atoms. The van der Waals surface area contributed by atoms with E-state index < -0.39 is 17.7 Å². The summed E-state index contributed by atoms with van der Waals surface area (Å²) < 4.78 is 26.5. The number of rotatable bonds is 7. The molecule has 2 amide bonds. The van der Waals surface area contributed by atoms with Crippen molar-refractivity contribution in [1.29, 1.82) is 0 Å². The van der Waals surface area contributed by atoms with Crippen molar-refractivity contribution in [3.63, 3.8) is 0 Å². The van der Waals surface area contributed by atoms with Crippen LogP contribution in [-0.2, 0) is 22.6 Å². The largest absolute Gasteiger partial charge is 0.356 e. The van der Waals surface area contributed by atoms with Gasteiger partial charge in [-0.25, -0.2) is 13.8 Å². The van der Waals surface area contributed by atoms with Crippen molar-refractivity contribution in [2.45, 2.75) is 25.4 Å². The third-order valence-corrected chi connectivity index (χ3v) is 5.01. The third kappa shape index (κ3) is 5.30. The van der Waals surface area contributed by atoms with Crippen molar-refractivity contribution in [1.82, 2.24) is 20.5 Å². The Hall–Kier alpha value is -2.39. The summed E-state index contributed by atoms with van der Waals surface area (Å²) in [6.07, 6.45) is 0.636. The van der Waals surface area contributed by atoms with Gasteiger partial charge in [-0.2, -0.15) is 0 Å². The molecule has 144 valence electrons. The van der Waals surface area contributed by atoms with Crippen LogP contribution in [0.25, 0.3) is 0 Å². The first-order valence-electron chi connectivity index (χ1n) is 8.62. The van der Waals surface area contributed by atoms with Crippen LogP contribution in [0.3, 0.4) is 0 Å². The van der Waals surface area contributed by atoms with Gasteiger partial charge in [-0.3, -0.25) is 14.5 Å². The van der Waals surface area contributed by atoms with Crippen molar-refractivity contribution in [3.8, 4) is 0 Å². The molecule has 1 unspecified atom stereocenters. The summed E-state index contributed by atoms with van der Waals surface area (Å²) in [5.74, 6) is -2.31. The predicted molar refractivity (Wildman–Crippen MR) is 97.0 cm³/mol. The van der Waals surface area contributed by atoms with E-state index in [9.17, 15) is 18.4 Å². The molecule has 0 spiro atoms. The number of benzene rings is 1. The van der Waals surface area contributed by atoms with E-state index in [4.69, 9.17) is 0 Å². The van der Waals surface area contributed by atoms with Crippen LogP contribution in [0.2, 0.25) is 0 Å². The molecule has 1 aliphatic rings. The van der Waals surface area contributed by atoms with Gasteiger partial charge in [0.2, 0.25) is 11.8 Å². The summed E-state index contributed by atoms with van der Waals surface area (Å²) in [5, 5.41) is 7.47. The summed E-state index contributed by atoms with van der Waals surface area (Å²) in [5.41, 5.74) is 3.20. The average molecular weight is 394 g/mol. The molecule has 1 saturated heterocycles. The predicted octanol–water partition coefficient (Wildman–Crippen LogP) is 1.47. The highest BCUT2D eigenvalue weighted by Crippen LogP contribution is 2.16. The Balaban J connectivity index is 1.57. The van der Waals surface area contributed by atoms with Crippen molar-refractivity contribution < 1.29 is 18.4 Å². The van der Waals surface area contributed by atoms with Gasteiger partial charge in [-0.15, -0.1) is 11.3 Å². The number of nitrogens with zero attached hydrogens (tertiary/aromatic N) is 2. The zero-order valence-corrected chi connectivity index (χ0v) is 15.4. The van der Waals surface area contributed by atoms with Gasteiger partial charge in [0.15, 0.2) is 11.6 Å². The number of thiazole rings is 1. The van der Waals surface area contributed by atoms with E-state index in [1.807, 2.05) is 10.3 Å². The fourth-order valence-corrected chi connectivity index (χ4v) is 3.58. The van der Waals surface area contributed by atoms with E-state index in [2.05, 4.69) is 15.6 Å². The van der Waals surface area contributed by atoms with Crippen LogP contribution in [0.5, 0.6) is 0 Å². The van der Waals surface area contributed by atoms with Crippen LogP contribution in [0, 0.1) is 11.6 Å². The third-order valence-electron chi connectivity index (χ3n) is 4.38. The van der Waals surface area contributed by atoms with Gasteiger partial charge < -0.3 is 10.6 Å². The maximum atomic E-state index is 13.4. The number of hydrogen-bond acceptors (Lipinski definition) is 5. The lowest BCUT2D eigenvalue weighted by molar-refractivity contribution is -0.134. The van der Waals surface area contributed by atoms with E-state index >= 15 is 0 Å². The lowest BCUT2D eigenvalue weighted by Gasteiger charge is -2.34. The summed E-state index contributed by atoms with van der Waals surface area (Å²) in [6, 6.07) is 3.02. The Kier molecular flexibility index (Phi) is 6.46. The van der Waals surface area contributed by atoms with Gasteiger partial charge in [0, 0.05) is 38.0 Å². The van der Waals surface area contributed by atoms with Crippen LogP contribution in [0.4, 0.5) is 8.78 Å². The lowest BCUT2D eigenvalue weighted by Crippen LogP contribution is -2.56. The SMILES string of the molecule is O=C(CC1C(=O)NCCN1Cc1ccc(F)c(F)c1)NCCc1cscn1. The first-order chi connectivity index (χ1) is 13.0. The molecular weight excluding hydrogens is 374 g/mol. The number of piperazine rings is 1. The number of hydrogen-bond donors (Lipinski definition) is 2. The van der Waals surface area contributed by atoms with Crippen LogP contribution >= 0.6 is 11.3 Å². The topological polar surface area (TPSA) is 74.3 Å². The molecule has 1 aromatic carbocycles. The second kappa shape index (κ2) is 9.01. The van der Waals surface area contributed by atoms with Crippen molar-refractivity contribution in [2.75, 3.05) is 19.6 Å². The highest BCUT2D eigenvalue weighted by molar-refractivity contribution is 7.07. The standard InChI is InChI=1S/C18H20F2N4O2S/c19-14-2-1-12(7-15(14)20)9-24-6-5-22-18(26)16(24)8-17(25)21-4-3-13-10-27-11-23-13/h1-2,7,10-11,16H,3-6,8-9H2,(H,21,25)(H,22,26). The number of carbonyl (C=O) groups excluding carboxylic acids is 2. The fourth-order valence-electron chi connectivity index (χ4n) is 2.98. The van der Waals surface area contributed by atoms with E-state index in [1.54, 1.807) is 5.51 Å². The minimum Gasteiger partial charge on any atom is -0.356 e.